The van der Waals surface area contributed by atoms with Gasteiger partial charge in [-0.1, -0.05) is 25.1 Å². The van der Waals surface area contributed by atoms with Gasteiger partial charge in [-0.3, -0.25) is 0 Å². The van der Waals surface area contributed by atoms with Gasteiger partial charge in [-0.2, -0.15) is 0 Å². The van der Waals surface area contributed by atoms with E-state index in [1.54, 1.807) is 12.5 Å². The summed E-state index contributed by atoms with van der Waals surface area (Å²) in [5, 5.41) is 4.62. The molecule has 0 saturated carbocycles. The summed E-state index contributed by atoms with van der Waals surface area (Å²) in [4.78, 5) is 0. The zero-order valence-corrected chi connectivity index (χ0v) is 10.9. The number of para-hydroxylation sites is 1. The van der Waals surface area contributed by atoms with E-state index in [0.29, 0.717) is 0 Å². The van der Waals surface area contributed by atoms with E-state index in [1.807, 2.05) is 24.3 Å². The minimum Gasteiger partial charge on any atom is -0.472 e. The molecule has 0 bridgehead atoms. The van der Waals surface area contributed by atoms with E-state index < -0.39 is 0 Å². The minimum atomic E-state index is 0.0473. The number of hydrogen-bond acceptors (Lipinski definition) is 3. The van der Waals surface area contributed by atoms with Gasteiger partial charge in [0.1, 0.15) is 11.3 Å². The van der Waals surface area contributed by atoms with Crippen LogP contribution in [-0.4, -0.2) is 6.54 Å². The first-order chi connectivity index (χ1) is 9.38. The van der Waals surface area contributed by atoms with Crippen molar-refractivity contribution in [2.24, 2.45) is 0 Å². The van der Waals surface area contributed by atoms with E-state index in [4.69, 9.17) is 8.83 Å². The highest BCUT2D eigenvalue weighted by Crippen LogP contribution is 2.28. The van der Waals surface area contributed by atoms with Gasteiger partial charge in [-0.25, -0.2) is 0 Å². The third-order valence-electron chi connectivity index (χ3n) is 3.20. The standard InChI is InChI=1S/C16H17NO2/c1-2-8-17-16(13-7-9-18-11-13)15-10-12-5-3-4-6-14(12)19-15/h3-7,9-11,16-17H,2,8H2,1H3. The molecule has 3 rings (SSSR count). The number of furan rings is 2. The van der Waals surface area contributed by atoms with Crippen molar-refractivity contribution in [1.29, 1.82) is 0 Å². The largest absolute Gasteiger partial charge is 0.472 e. The molecule has 2 heterocycles. The SMILES string of the molecule is CCCNC(c1ccoc1)c1cc2ccccc2o1. The van der Waals surface area contributed by atoms with E-state index in [9.17, 15) is 0 Å². The summed E-state index contributed by atoms with van der Waals surface area (Å²) in [5.41, 5.74) is 2.01. The Morgan fingerprint density at radius 1 is 1.21 bits per heavy atom. The molecule has 0 saturated heterocycles. The predicted octanol–water partition coefficient (Wildman–Crippen LogP) is 4.11. The second kappa shape index (κ2) is 5.33. The summed E-state index contributed by atoms with van der Waals surface area (Å²) in [6.07, 6.45) is 4.54. The Morgan fingerprint density at radius 3 is 2.84 bits per heavy atom. The third kappa shape index (κ3) is 2.42. The van der Waals surface area contributed by atoms with Gasteiger partial charge in [0.05, 0.1) is 18.6 Å². The Bertz CT molecular complexity index is 607. The zero-order chi connectivity index (χ0) is 13.1. The van der Waals surface area contributed by atoms with Crippen molar-refractivity contribution < 1.29 is 8.83 Å². The van der Waals surface area contributed by atoms with Crippen molar-refractivity contribution in [3.05, 3.63) is 60.2 Å². The average Bonchev–Trinajstić information content (AvgIpc) is 3.08. The molecule has 0 aliphatic rings. The van der Waals surface area contributed by atoms with Crippen LogP contribution in [0.5, 0.6) is 0 Å². The molecule has 3 heteroatoms. The van der Waals surface area contributed by atoms with Crippen LogP contribution in [0, 0.1) is 0 Å². The highest BCUT2D eigenvalue weighted by Gasteiger charge is 2.18. The first-order valence-electron chi connectivity index (χ1n) is 6.62. The first kappa shape index (κ1) is 12.1. The molecule has 0 fully saturated rings. The fourth-order valence-corrected chi connectivity index (χ4v) is 2.26. The number of fused-ring (bicyclic) bond motifs is 1. The van der Waals surface area contributed by atoms with Gasteiger partial charge in [-0.05, 0) is 31.2 Å². The number of nitrogens with one attached hydrogen (secondary N) is 1. The molecule has 1 atom stereocenters. The lowest BCUT2D eigenvalue weighted by atomic mass is 10.1. The Balaban J connectivity index is 1.98. The first-order valence-corrected chi connectivity index (χ1v) is 6.62. The maximum absolute atomic E-state index is 5.95. The van der Waals surface area contributed by atoms with E-state index in [1.165, 1.54) is 0 Å². The van der Waals surface area contributed by atoms with Crippen LogP contribution >= 0.6 is 0 Å². The van der Waals surface area contributed by atoms with Crippen LogP contribution in [0.1, 0.15) is 30.7 Å². The number of rotatable bonds is 5. The maximum Gasteiger partial charge on any atom is 0.134 e. The summed E-state index contributed by atoms with van der Waals surface area (Å²) >= 11 is 0. The Kier molecular flexibility index (Phi) is 3.38. The maximum atomic E-state index is 5.95. The molecule has 1 N–H and O–H groups in total. The molecule has 98 valence electrons. The van der Waals surface area contributed by atoms with Crippen LogP contribution in [0.3, 0.4) is 0 Å². The molecule has 3 nitrogen and oxygen atoms in total. The van der Waals surface area contributed by atoms with Crippen LogP contribution in [-0.2, 0) is 0 Å². The van der Waals surface area contributed by atoms with Crippen molar-refractivity contribution in [2.45, 2.75) is 19.4 Å². The van der Waals surface area contributed by atoms with Gasteiger partial charge < -0.3 is 14.2 Å². The monoisotopic (exact) mass is 255 g/mol. The fourth-order valence-electron chi connectivity index (χ4n) is 2.26. The lowest BCUT2D eigenvalue weighted by molar-refractivity contribution is 0.465. The van der Waals surface area contributed by atoms with Crippen molar-refractivity contribution in [3.8, 4) is 0 Å². The van der Waals surface area contributed by atoms with Gasteiger partial charge in [0.25, 0.3) is 0 Å². The molecule has 1 aromatic carbocycles. The van der Waals surface area contributed by atoms with Crippen LogP contribution in [0.4, 0.5) is 0 Å². The van der Waals surface area contributed by atoms with Crippen LogP contribution in [0.2, 0.25) is 0 Å². The van der Waals surface area contributed by atoms with E-state index in [-0.39, 0.29) is 6.04 Å². The molecule has 1 unspecified atom stereocenters. The van der Waals surface area contributed by atoms with Gasteiger partial charge in [-0.15, -0.1) is 0 Å². The molecular weight excluding hydrogens is 238 g/mol. The molecule has 2 aromatic heterocycles. The quantitative estimate of drug-likeness (QED) is 0.745. The summed E-state index contributed by atoms with van der Waals surface area (Å²) in [7, 11) is 0. The smallest absolute Gasteiger partial charge is 0.134 e. The normalized spacial score (nSPS) is 12.9. The Hall–Kier alpha value is -2.00. The van der Waals surface area contributed by atoms with Crippen molar-refractivity contribution in [2.75, 3.05) is 6.54 Å². The van der Waals surface area contributed by atoms with Crippen molar-refractivity contribution in [1.82, 2.24) is 5.32 Å². The predicted molar refractivity (Wildman–Crippen MR) is 75.1 cm³/mol. The van der Waals surface area contributed by atoms with Crippen molar-refractivity contribution in [3.63, 3.8) is 0 Å². The molecule has 19 heavy (non-hydrogen) atoms. The van der Waals surface area contributed by atoms with E-state index in [2.05, 4.69) is 24.4 Å². The molecule has 0 radical (unpaired) electrons. The fraction of sp³-hybridized carbons (Fsp3) is 0.250. The second-order valence-electron chi connectivity index (χ2n) is 4.63. The van der Waals surface area contributed by atoms with Crippen molar-refractivity contribution >= 4 is 11.0 Å². The third-order valence-corrected chi connectivity index (χ3v) is 3.20. The van der Waals surface area contributed by atoms with E-state index in [0.717, 1.165) is 35.3 Å². The lowest BCUT2D eigenvalue weighted by Gasteiger charge is -2.14. The number of benzene rings is 1. The highest BCUT2D eigenvalue weighted by atomic mass is 16.3. The molecule has 0 aliphatic carbocycles. The average molecular weight is 255 g/mol. The van der Waals surface area contributed by atoms with Gasteiger partial charge >= 0.3 is 0 Å². The summed E-state index contributed by atoms with van der Waals surface area (Å²) in [5.74, 6) is 0.927. The van der Waals surface area contributed by atoms with Crippen LogP contribution < -0.4 is 5.32 Å². The summed E-state index contributed by atoms with van der Waals surface area (Å²) < 4.78 is 11.1. The van der Waals surface area contributed by atoms with Gasteiger partial charge in [0.2, 0.25) is 0 Å². The minimum absolute atomic E-state index is 0.0473. The van der Waals surface area contributed by atoms with Gasteiger partial charge in [0, 0.05) is 10.9 Å². The Morgan fingerprint density at radius 2 is 2.11 bits per heavy atom. The van der Waals surface area contributed by atoms with Gasteiger partial charge in [0.15, 0.2) is 0 Å². The molecule has 0 amide bonds. The second-order valence-corrected chi connectivity index (χ2v) is 4.63. The molecule has 3 aromatic rings. The summed E-state index contributed by atoms with van der Waals surface area (Å²) in [6.45, 7) is 3.09. The molecular formula is C16H17NO2. The summed E-state index contributed by atoms with van der Waals surface area (Å²) in [6, 6.07) is 12.2. The molecule has 0 spiro atoms. The Labute approximate surface area is 112 Å². The van der Waals surface area contributed by atoms with E-state index >= 15 is 0 Å². The van der Waals surface area contributed by atoms with Crippen LogP contribution in [0.25, 0.3) is 11.0 Å². The topological polar surface area (TPSA) is 38.3 Å². The lowest BCUT2D eigenvalue weighted by Crippen LogP contribution is -2.22. The van der Waals surface area contributed by atoms with Crippen LogP contribution in [0.15, 0.2) is 57.8 Å². The molecule has 0 aliphatic heterocycles. The zero-order valence-electron chi connectivity index (χ0n) is 10.9. The number of hydrogen-bond donors (Lipinski definition) is 1. The highest BCUT2D eigenvalue weighted by molar-refractivity contribution is 5.77.